The van der Waals surface area contributed by atoms with Crippen LogP contribution in [0.5, 0.6) is 0 Å². The van der Waals surface area contributed by atoms with Gasteiger partial charge < -0.3 is 9.64 Å². The van der Waals surface area contributed by atoms with Crippen molar-refractivity contribution in [3.8, 4) is 0 Å². The fourth-order valence-electron chi connectivity index (χ4n) is 4.83. The molecule has 3 atom stereocenters. The van der Waals surface area contributed by atoms with Crippen LogP contribution in [0.25, 0.3) is 10.9 Å². The van der Waals surface area contributed by atoms with E-state index in [1.165, 1.54) is 17.8 Å². The van der Waals surface area contributed by atoms with Crippen LogP contribution in [0, 0.1) is 5.82 Å². The van der Waals surface area contributed by atoms with Crippen molar-refractivity contribution in [1.82, 2.24) is 14.9 Å². The van der Waals surface area contributed by atoms with Gasteiger partial charge in [0.25, 0.3) is 0 Å². The summed E-state index contributed by atoms with van der Waals surface area (Å²) in [7, 11) is 0. The molecule has 178 valence electrons. The Balaban J connectivity index is 1.86. The van der Waals surface area contributed by atoms with Crippen LogP contribution in [-0.2, 0) is 4.74 Å². The van der Waals surface area contributed by atoms with E-state index in [9.17, 15) is 9.18 Å². The third kappa shape index (κ3) is 4.44. The standard InChI is InChI=1S/C23H27BrClFN4O2S/c1-11(2)19-15-8-7-12(30(15)22(31)32-23(3,4)5)10-29(19)20-16-17(24)13(25)9-14(26)18(16)27-21(28-20)33-6/h9,12,15,19H,1,7-8,10H2,2-6H3/t12-,15+,19+/m1/s1. The molecule has 2 aliphatic rings. The van der Waals surface area contributed by atoms with Crippen molar-refractivity contribution in [2.45, 2.75) is 69.4 Å². The second-order valence-electron chi connectivity index (χ2n) is 9.54. The smallest absolute Gasteiger partial charge is 0.410 e. The topological polar surface area (TPSA) is 58.6 Å². The van der Waals surface area contributed by atoms with E-state index in [1.807, 2.05) is 38.9 Å². The minimum Gasteiger partial charge on any atom is -0.444 e. The Hall–Kier alpha value is -1.58. The first kappa shape index (κ1) is 24.5. The Labute approximate surface area is 211 Å². The van der Waals surface area contributed by atoms with Gasteiger partial charge in [-0.25, -0.2) is 19.2 Å². The summed E-state index contributed by atoms with van der Waals surface area (Å²) >= 11 is 11.2. The summed E-state index contributed by atoms with van der Waals surface area (Å²) in [6, 6.07) is 0.876. The van der Waals surface area contributed by atoms with Crippen molar-refractivity contribution in [2.24, 2.45) is 0 Å². The van der Waals surface area contributed by atoms with Crippen molar-refractivity contribution < 1.29 is 13.9 Å². The molecule has 0 N–H and O–H groups in total. The Bertz CT molecular complexity index is 1140. The first-order valence-corrected chi connectivity index (χ1v) is 13.1. The lowest BCUT2D eigenvalue weighted by atomic mass is 9.96. The number of benzene rings is 1. The number of halogens is 3. The Morgan fingerprint density at radius 2 is 2.06 bits per heavy atom. The molecule has 10 heteroatoms. The number of fused-ring (bicyclic) bond motifs is 3. The summed E-state index contributed by atoms with van der Waals surface area (Å²) in [6.45, 7) is 12.3. The van der Waals surface area contributed by atoms with Crippen molar-refractivity contribution in [3.63, 3.8) is 0 Å². The van der Waals surface area contributed by atoms with Crippen LogP contribution in [0.15, 0.2) is 27.8 Å². The number of nitrogens with zero attached hydrogens (tertiary/aromatic N) is 4. The Morgan fingerprint density at radius 3 is 2.67 bits per heavy atom. The molecule has 33 heavy (non-hydrogen) atoms. The van der Waals surface area contributed by atoms with Crippen molar-refractivity contribution >= 4 is 62.1 Å². The number of hydrogen-bond donors (Lipinski definition) is 0. The summed E-state index contributed by atoms with van der Waals surface area (Å²) in [5, 5.41) is 1.24. The van der Waals surface area contributed by atoms with E-state index >= 15 is 0 Å². The van der Waals surface area contributed by atoms with E-state index < -0.39 is 11.4 Å². The van der Waals surface area contributed by atoms with E-state index in [-0.39, 0.29) is 34.8 Å². The lowest BCUT2D eigenvalue weighted by molar-refractivity contribution is 0.00913. The minimum absolute atomic E-state index is 0.0500. The molecule has 2 saturated heterocycles. The van der Waals surface area contributed by atoms with E-state index in [0.29, 0.717) is 27.4 Å². The highest BCUT2D eigenvalue weighted by atomic mass is 79.9. The first-order chi connectivity index (χ1) is 15.4. The van der Waals surface area contributed by atoms with Gasteiger partial charge in [0.15, 0.2) is 11.0 Å². The van der Waals surface area contributed by atoms with Gasteiger partial charge in [0.2, 0.25) is 0 Å². The van der Waals surface area contributed by atoms with E-state index in [0.717, 1.165) is 18.4 Å². The molecule has 6 nitrogen and oxygen atoms in total. The van der Waals surface area contributed by atoms with Gasteiger partial charge in [-0.05, 0) is 68.8 Å². The number of aromatic nitrogens is 2. The van der Waals surface area contributed by atoms with Gasteiger partial charge in [-0.1, -0.05) is 35.5 Å². The molecule has 1 aromatic carbocycles. The van der Waals surface area contributed by atoms with Crippen LogP contribution < -0.4 is 4.90 Å². The van der Waals surface area contributed by atoms with Crippen LogP contribution in [0.3, 0.4) is 0 Å². The van der Waals surface area contributed by atoms with E-state index in [1.54, 1.807) is 0 Å². The molecule has 3 heterocycles. The third-order valence-corrected chi connectivity index (χ3v) is 7.89. The average Bonchev–Trinajstić information content (AvgIpc) is 3.03. The molecule has 0 radical (unpaired) electrons. The zero-order valence-electron chi connectivity index (χ0n) is 19.3. The highest BCUT2D eigenvalue weighted by Crippen LogP contribution is 2.44. The van der Waals surface area contributed by atoms with E-state index in [4.69, 9.17) is 21.3 Å². The van der Waals surface area contributed by atoms with Gasteiger partial charge in [0.05, 0.1) is 28.5 Å². The number of hydrogen-bond acceptors (Lipinski definition) is 6. The number of rotatable bonds is 3. The normalized spacial score (nSPS) is 22.7. The minimum atomic E-state index is -0.582. The molecule has 2 aromatic rings. The molecule has 2 bridgehead atoms. The summed E-state index contributed by atoms with van der Waals surface area (Å²) in [5.74, 6) is 0.0887. The van der Waals surface area contributed by atoms with Gasteiger partial charge in [0.1, 0.15) is 16.9 Å². The Kier molecular flexibility index (Phi) is 6.61. The van der Waals surface area contributed by atoms with Crippen LogP contribution in [0.2, 0.25) is 5.02 Å². The highest BCUT2D eigenvalue weighted by molar-refractivity contribution is 9.10. The largest absolute Gasteiger partial charge is 0.444 e. The quantitative estimate of drug-likeness (QED) is 0.187. The lowest BCUT2D eigenvalue weighted by Gasteiger charge is -2.48. The predicted octanol–water partition coefficient (Wildman–Crippen LogP) is 6.44. The molecule has 1 aromatic heterocycles. The monoisotopic (exact) mass is 556 g/mol. The first-order valence-electron chi connectivity index (χ1n) is 10.8. The second-order valence-corrected chi connectivity index (χ2v) is 11.5. The number of ether oxygens (including phenoxy) is 1. The fourth-order valence-corrected chi connectivity index (χ4v) is 5.86. The highest BCUT2D eigenvalue weighted by Gasteiger charge is 2.50. The molecule has 0 saturated carbocycles. The molecular weight excluding hydrogens is 531 g/mol. The fraction of sp³-hybridized carbons (Fsp3) is 0.522. The Morgan fingerprint density at radius 1 is 1.36 bits per heavy atom. The van der Waals surface area contributed by atoms with Gasteiger partial charge in [0, 0.05) is 11.0 Å². The van der Waals surface area contributed by atoms with Gasteiger partial charge >= 0.3 is 6.09 Å². The van der Waals surface area contributed by atoms with Crippen molar-refractivity contribution in [3.05, 3.63) is 33.5 Å². The summed E-state index contributed by atoms with van der Waals surface area (Å²) in [4.78, 5) is 26.3. The molecule has 0 unspecified atom stereocenters. The number of carbonyl (C=O) groups is 1. The maximum absolute atomic E-state index is 14.9. The van der Waals surface area contributed by atoms with Crippen molar-refractivity contribution in [2.75, 3.05) is 17.7 Å². The molecular formula is C23H27BrClFN4O2S. The third-order valence-electron chi connectivity index (χ3n) is 6.00. The van der Waals surface area contributed by atoms with E-state index in [2.05, 4.69) is 32.4 Å². The number of carbonyl (C=O) groups excluding carboxylic acids is 1. The molecule has 1 amide bonds. The SMILES string of the molecule is C=C(C)[C@H]1[C@@H]2CC[C@H](CN1c1nc(SC)nc3c(F)cc(Cl)c(Br)c13)N2C(=O)OC(C)(C)C. The predicted molar refractivity (Wildman–Crippen MR) is 135 cm³/mol. The van der Waals surface area contributed by atoms with Gasteiger partial charge in [-0.3, -0.25) is 4.90 Å². The summed E-state index contributed by atoms with van der Waals surface area (Å²) < 4.78 is 21.2. The number of piperazine rings is 1. The number of anilines is 1. The number of thioether (sulfide) groups is 1. The maximum Gasteiger partial charge on any atom is 0.410 e. The zero-order chi connectivity index (χ0) is 24.2. The van der Waals surface area contributed by atoms with Crippen molar-refractivity contribution in [1.29, 1.82) is 0 Å². The number of amides is 1. The lowest BCUT2D eigenvalue weighted by Crippen LogP contribution is -2.62. The van der Waals surface area contributed by atoms with Crippen LogP contribution in [0.1, 0.15) is 40.5 Å². The molecule has 0 spiro atoms. The molecule has 2 fully saturated rings. The molecule has 4 rings (SSSR count). The second kappa shape index (κ2) is 8.89. The van der Waals surface area contributed by atoms with Gasteiger partial charge in [-0.2, -0.15) is 0 Å². The zero-order valence-corrected chi connectivity index (χ0v) is 22.4. The summed E-state index contributed by atoms with van der Waals surface area (Å²) in [5.41, 5.74) is 0.523. The van der Waals surface area contributed by atoms with Crippen LogP contribution in [0.4, 0.5) is 15.0 Å². The average molecular weight is 558 g/mol. The summed E-state index contributed by atoms with van der Waals surface area (Å²) in [6.07, 6.45) is 3.22. The molecule has 2 aliphatic heterocycles. The molecule has 0 aliphatic carbocycles. The maximum atomic E-state index is 14.9. The van der Waals surface area contributed by atoms with Crippen LogP contribution >= 0.6 is 39.3 Å². The van der Waals surface area contributed by atoms with Gasteiger partial charge in [-0.15, -0.1) is 0 Å². The van der Waals surface area contributed by atoms with Crippen LogP contribution in [-0.4, -0.2) is 57.5 Å².